The van der Waals surface area contributed by atoms with Gasteiger partial charge in [0.2, 0.25) is 5.95 Å². The number of tetrazole rings is 1. The van der Waals surface area contributed by atoms with Crippen LogP contribution in [0.3, 0.4) is 0 Å². The molecule has 7 nitrogen and oxygen atoms in total. The zero-order valence-electron chi connectivity index (χ0n) is 7.55. The normalized spacial score (nSPS) is 12.4. The fourth-order valence-corrected chi connectivity index (χ4v) is 0.985. The number of aromatic nitrogens is 6. The van der Waals surface area contributed by atoms with Gasteiger partial charge in [-0.25, -0.2) is 9.97 Å². The van der Waals surface area contributed by atoms with E-state index in [1.54, 1.807) is 18.5 Å². The number of rotatable bonds is 3. The van der Waals surface area contributed by atoms with E-state index in [-0.39, 0.29) is 6.04 Å². The zero-order chi connectivity index (χ0) is 9.80. The Morgan fingerprint density at radius 3 is 2.79 bits per heavy atom. The monoisotopic (exact) mass is 191 g/mol. The van der Waals surface area contributed by atoms with Crippen molar-refractivity contribution in [3.8, 4) is 0 Å². The Balaban J connectivity index is 2.06. The third kappa shape index (κ3) is 1.82. The van der Waals surface area contributed by atoms with Crippen LogP contribution >= 0.6 is 0 Å². The molecular weight excluding hydrogens is 182 g/mol. The highest BCUT2D eigenvalue weighted by atomic mass is 15.5. The molecule has 0 aliphatic rings. The van der Waals surface area contributed by atoms with Gasteiger partial charge >= 0.3 is 0 Å². The number of nitrogens with zero attached hydrogens (tertiary/aromatic N) is 5. The van der Waals surface area contributed by atoms with Gasteiger partial charge in [0.25, 0.3) is 0 Å². The third-order valence-corrected chi connectivity index (χ3v) is 1.66. The summed E-state index contributed by atoms with van der Waals surface area (Å²) in [5.74, 6) is 1.13. The summed E-state index contributed by atoms with van der Waals surface area (Å²) in [6, 6.07) is 1.68. The standard InChI is InChI=1S/C7H9N7/c1-5(6-11-13-14-12-6)10-7-8-3-2-4-9-7/h2-5H,1H3,(H,8,9,10)(H,11,12,13,14). The number of aromatic amines is 1. The maximum atomic E-state index is 4.02. The summed E-state index contributed by atoms with van der Waals surface area (Å²) in [5, 5.41) is 16.6. The minimum absolute atomic E-state index is 0.0730. The van der Waals surface area contributed by atoms with Crippen molar-refractivity contribution in [1.29, 1.82) is 0 Å². The summed E-state index contributed by atoms with van der Waals surface area (Å²) in [7, 11) is 0. The van der Waals surface area contributed by atoms with E-state index in [9.17, 15) is 0 Å². The summed E-state index contributed by atoms with van der Waals surface area (Å²) in [6.45, 7) is 1.90. The van der Waals surface area contributed by atoms with Crippen molar-refractivity contribution in [3.63, 3.8) is 0 Å². The van der Waals surface area contributed by atoms with E-state index < -0.39 is 0 Å². The first-order valence-corrected chi connectivity index (χ1v) is 4.13. The average molecular weight is 191 g/mol. The van der Waals surface area contributed by atoms with E-state index in [2.05, 4.69) is 35.9 Å². The second kappa shape index (κ2) is 3.77. The first-order valence-electron chi connectivity index (χ1n) is 4.13. The van der Waals surface area contributed by atoms with Gasteiger partial charge in [0.1, 0.15) is 0 Å². The molecule has 0 bridgehead atoms. The number of hydrogen-bond donors (Lipinski definition) is 2. The first-order chi connectivity index (χ1) is 6.86. The van der Waals surface area contributed by atoms with Crippen molar-refractivity contribution in [1.82, 2.24) is 30.6 Å². The Hall–Kier alpha value is -2.05. The molecule has 0 spiro atoms. The Bertz CT molecular complexity index is 370. The van der Waals surface area contributed by atoms with Crippen molar-refractivity contribution >= 4 is 5.95 Å². The minimum atomic E-state index is -0.0730. The van der Waals surface area contributed by atoms with Crippen molar-refractivity contribution in [2.75, 3.05) is 5.32 Å². The van der Waals surface area contributed by atoms with Crippen LogP contribution in [0, 0.1) is 0 Å². The van der Waals surface area contributed by atoms with Gasteiger partial charge in [-0.1, -0.05) is 5.21 Å². The second-order valence-corrected chi connectivity index (χ2v) is 2.71. The maximum absolute atomic E-state index is 4.02. The van der Waals surface area contributed by atoms with Crippen molar-refractivity contribution < 1.29 is 0 Å². The van der Waals surface area contributed by atoms with Crippen LogP contribution < -0.4 is 5.32 Å². The van der Waals surface area contributed by atoms with Crippen LogP contribution in [0.15, 0.2) is 18.5 Å². The third-order valence-electron chi connectivity index (χ3n) is 1.66. The van der Waals surface area contributed by atoms with E-state index in [1.807, 2.05) is 6.92 Å². The average Bonchev–Trinajstić information content (AvgIpc) is 2.72. The van der Waals surface area contributed by atoms with Crippen LogP contribution in [0.25, 0.3) is 0 Å². The van der Waals surface area contributed by atoms with Gasteiger partial charge in [0, 0.05) is 12.4 Å². The SMILES string of the molecule is CC(Nc1ncccn1)c1nn[nH]n1. The van der Waals surface area contributed by atoms with Gasteiger partial charge in [0.15, 0.2) is 5.82 Å². The van der Waals surface area contributed by atoms with Gasteiger partial charge in [0.05, 0.1) is 6.04 Å². The van der Waals surface area contributed by atoms with Gasteiger partial charge in [-0.2, -0.15) is 5.21 Å². The predicted molar refractivity (Wildman–Crippen MR) is 48.2 cm³/mol. The predicted octanol–water partition coefficient (Wildman–Crippen LogP) is 0.163. The van der Waals surface area contributed by atoms with Crippen molar-refractivity contribution in [2.45, 2.75) is 13.0 Å². The fourth-order valence-electron chi connectivity index (χ4n) is 0.985. The zero-order valence-corrected chi connectivity index (χ0v) is 7.55. The Labute approximate surface area is 80.0 Å². The first kappa shape index (κ1) is 8.54. The van der Waals surface area contributed by atoms with Crippen molar-refractivity contribution in [3.05, 3.63) is 24.3 Å². The summed E-state index contributed by atoms with van der Waals surface area (Å²) in [5.41, 5.74) is 0. The molecule has 72 valence electrons. The summed E-state index contributed by atoms with van der Waals surface area (Å²) in [6.07, 6.45) is 3.33. The largest absolute Gasteiger partial charge is 0.344 e. The molecule has 2 aromatic heterocycles. The van der Waals surface area contributed by atoms with Crippen LogP contribution in [0.4, 0.5) is 5.95 Å². The molecule has 7 heteroatoms. The maximum Gasteiger partial charge on any atom is 0.223 e. The lowest BCUT2D eigenvalue weighted by Gasteiger charge is -2.08. The Morgan fingerprint density at radius 2 is 2.14 bits per heavy atom. The molecule has 0 saturated carbocycles. The lowest BCUT2D eigenvalue weighted by molar-refractivity contribution is 0.780. The molecule has 0 aromatic carbocycles. The van der Waals surface area contributed by atoms with Gasteiger partial charge < -0.3 is 5.32 Å². The summed E-state index contributed by atoms with van der Waals surface area (Å²) in [4.78, 5) is 8.04. The van der Waals surface area contributed by atoms with Crippen molar-refractivity contribution in [2.24, 2.45) is 0 Å². The number of hydrogen-bond acceptors (Lipinski definition) is 6. The molecule has 14 heavy (non-hydrogen) atoms. The molecule has 2 aromatic rings. The van der Waals surface area contributed by atoms with E-state index in [1.165, 1.54) is 0 Å². The van der Waals surface area contributed by atoms with Gasteiger partial charge in [-0.05, 0) is 13.0 Å². The number of anilines is 1. The minimum Gasteiger partial charge on any atom is -0.344 e. The number of nitrogens with one attached hydrogen (secondary N) is 2. The lowest BCUT2D eigenvalue weighted by atomic mass is 10.3. The molecule has 0 fully saturated rings. The van der Waals surface area contributed by atoms with Crippen LogP contribution in [0.1, 0.15) is 18.8 Å². The van der Waals surface area contributed by atoms with Gasteiger partial charge in [-0.3, -0.25) is 0 Å². The van der Waals surface area contributed by atoms with Crippen LogP contribution in [-0.2, 0) is 0 Å². The fraction of sp³-hybridized carbons (Fsp3) is 0.286. The molecule has 0 saturated heterocycles. The molecular formula is C7H9N7. The Kier molecular flexibility index (Phi) is 2.30. The summed E-state index contributed by atoms with van der Waals surface area (Å²) < 4.78 is 0. The molecule has 0 radical (unpaired) electrons. The van der Waals surface area contributed by atoms with Crippen LogP contribution in [0.2, 0.25) is 0 Å². The molecule has 1 atom stereocenters. The van der Waals surface area contributed by atoms with E-state index in [4.69, 9.17) is 0 Å². The Morgan fingerprint density at radius 1 is 1.36 bits per heavy atom. The molecule has 0 aliphatic carbocycles. The van der Waals surface area contributed by atoms with E-state index in [0.717, 1.165) is 0 Å². The molecule has 0 amide bonds. The van der Waals surface area contributed by atoms with Crippen LogP contribution in [0.5, 0.6) is 0 Å². The quantitative estimate of drug-likeness (QED) is 0.718. The van der Waals surface area contributed by atoms with Crippen LogP contribution in [-0.4, -0.2) is 30.6 Å². The molecule has 0 aliphatic heterocycles. The lowest BCUT2D eigenvalue weighted by Crippen LogP contribution is -2.10. The number of H-pyrrole nitrogens is 1. The molecule has 1 unspecified atom stereocenters. The molecule has 2 N–H and O–H groups in total. The van der Waals surface area contributed by atoms with E-state index in [0.29, 0.717) is 11.8 Å². The molecule has 2 rings (SSSR count). The van der Waals surface area contributed by atoms with Gasteiger partial charge in [-0.15, -0.1) is 10.2 Å². The molecule has 2 heterocycles. The second-order valence-electron chi connectivity index (χ2n) is 2.71. The highest BCUT2D eigenvalue weighted by Gasteiger charge is 2.10. The van der Waals surface area contributed by atoms with E-state index >= 15 is 0 Å². The smallest absolute Gasteiger partial charge is 0.223 e. The highest BCUT2D eigenvalue weighted by Crippen LogP contribution is 2.09. The topological polar surface area (TPSA) is 92.3 Å². The summed E-state index contributed by atoms with van der Waals surface area (Å²) >= 11 is 0. The highest BCUT2D eigenvalue weighted by molar-refractivity contribution is 5.25.